The maximum atomic E-state index is 11.6. The van der Waals surface area contributed by atoms with E-state index in [4.69, 9.17) is 23.2 Å². The molecule has 0 spiro atoms. The summed E-state index contributed by atoms with van der Waals surface area (Å²) in [6.45, 7) is 0.626. The van der Waals surface area contributed by atoms with Crippen molar-refractivity contribution in [1.29, 1.82) is 0 Å². The van der Waals surface area contributed by atoms with Crippen LogP contribution in [0.15, 0.2) is 72.8 Å². The Balaban J connectivity index is 1.78. The summed E-state index contributed by atoms with van der Waals surface area (Å²) < 4.78 is 0. The average molecular weight is 465 g/mol. The summed E-state index contributed by atoms with van der Waals surface area (Å²) in [5.74, 6) is -0.800. The summed E-state index contributed by atoms with van der Waals surface area (Å²) in [6.07, 6.45) is 0.431. The third-order valence-electron chi connectivity index (χ3n) is 6.46. The fraction of sp³-hybridized carbons (Fsp3) is 0.192. The topological polar surface area (TPSA) is 65.1 Å². The number of benzene rings is 3. The molecule has 2 heterocycles. The summed E-state index contributed by atoms with van der Waals surface area (Å²) in [7, 11) is 0. The van der Waals surface area contributed by atoms with Gasteiger partial charge in [0.2, 0.25) is 0 Å². The predicted molar refractivity (Wildman–Crippen MR) is 129 cm³/mol. The van der Waals surface area contributed by atoms with Gasteiger partial charge in [-0.25, -0.2) is 0 Å². The highest BCUT2D eigenvalue weighted by Crippen LogP contribution is 2.47. The van der Waals surface area contributed by atoms with Crippen molar-refractivity contribution in [2.45, 2.75) is 24.3 Å². The molecule has 5 rings (SSSR count). The molecule has 32 heavy (non-hydrogen) atoms. The van der Waals surface area contributed by atoms with E-state index in [2.05, 4.69) is 28.5 Å². The zero-order chi connectivity index (χ0) is 22.3. The summed E-state index contributed by atoms with van der Waals surface area (Å²) in [5.41, 5.74) is 4.51. The number of aromatic nitrogens is 1. The molecule has 0 radical (unpaired) electrons. The van der Waals surface area contributed by atoms with Crippen molar-refractivity contribution < 1.29 is 9.90 Å². The zero-order valence-corrected chi connectivity index (χ0v) is 18.8. The molecular weight excluding hydrogens is 443 g/mol. The van der Waals surface area contributed by atoms with Gasteiger partial charge in [-0.3, -0.25) is 4.79 Å². The van der Waals surface area contributed by atoms with Gasteiger partial charge in [-0.15, -0.1) is 0 Å². The van der Waals surface area contributed by atoms with Gasteiger partial charge in [0.25, 0.3) is 0 Å². The molecular formula is C26H22Cl2N2O2. The van der Waals surface area contributed by atoms with Crippen molar-refractivity contribution in [3.8, 4) is 0 Å². The second kappa shape index (κ2) is 8.28. The summed E-state index contributed by atoms with van der Waals surface area (Å²) in [5, 5.41) is 15.7. The van der Waals surface area contributed by atoms with Crippen molar-refractivity contribution in [3.05, 3.63) is 105 Å². The fourth-order valence-electron chi connectivity index (χ4n) is 4.99. The van der Waals surface area contributed by atoms with Crippen LogP contribution in [0.25, 0.3) is 10.9 Å². The number of fused-ring (bicyclic) bond motifs is 3. The lowest BCUT2D eigenvalue weighted by Gasteiger charge is -2.42. The monoisotopic (exact) mass is 464 g/mol. The average Bonchev–Trinajstić information content (AvgIpc) is 3.19. The first kappa shape index (κ1) is 21.1. The van der Waals surface area contributed by atoms with Crippen LogP contribution >= 0.6 is 23.2 Å². The normalized spacial score (nSPS) is 20.2. The molecule has 6 heteroatoms. The van der Waals surface area contributed by atoms with E-state index in [1.54, 1.807) is 0 Å². The number of carboxylic acid groups (broad SMARTS) is 1. The van der Waals surface area contributed by atoms with E-state index in [-0.39, 0.29) is 12.3 Å². The molecule has 2 atom stereocenters. The highest BCUT2D eigenvalue weighted by molar-refractivity contribution is 6.31. The highest BCUT2D eigenvalue weighted by Gasteiger charge is 2.44. The maximum absolute atomic E-state index is 11.6. The van der Waals surface area contributed by atoms with E-state index in [0.717, 1.165) is 38.3 Å². The van der Waals surface area contributed by atoms with Crippen molar-refractivity contribution in [1.82, 2.24) is 10.3 Å². The lowest BCUT2D eigenvalue weighted by molar-refractivity contribution is -0.137. The molecule has 162 valence electrons. The van der Waals surface area contributed by atoms with Gasteiger partial charge < -0.3 is 15.4 Å². The molecule has 3 N–H and O–H groups in total. The van der Waals surface area contributed by atoms with E-state index >= 15 is 0 Å². The number of H-pyrrole nitrogens is 1. The fourth-order valence-corrected chi connectivity index (χ4v) is 5.38. The number of nitrogens with one attached hydrogen (secondary N) is 2. The second-order valence-corrected chi connectivity index (χ2v) is 9.06. The van der Waals surface area contributed by atoms with Gasteiger partial charge >= 0.3 is 5.97 Å². The first-order valence-electron chi connectivity index (χ1n) is 10.6. The van der Waals surface area contributed by atoms with Gasteiger partial charge in [0, 0.05) is 45.5 Å². The SMILES string of the molecule is O=C(O)CCC1(c2ccc(Cl)cc2)NCC(c2ccccc2Cl)c2c1[nH]c1ccccc21. The van der Waals surface area contributed by atoms with Gasteiger partial charge in [-0.05, 0) is 47.4 Å². The summed E-state index contributed by atoms with van der Waals surface area (Å²) in [4.78, 5) is 15.2. The van der Waals surface area contributed by atoms with Crippen LogP contribution in [0.1, 0.15) is 41.1 Å². The van der Waals surface area contributed by atoms with Crippen LogP contribution < -0.4 is 5.32 Å². The van der Waals surface area contributed by atoms with Crippen molar-refractivity contribution in [2.24, 2.45) is 0 Å². The minimum atomic E-state index is -0.828. The van der Waals surface area contributed by atoms with E-state index in [9.17, 15) is 9.90 Å². The molecule has 2 unspecified atom stereocenters. The van der Waals surface area contributed by atoms with Crippen LogP contribution in [0.5, 0.6) is 0 Å². The van der Waals surface area contributed by atoms with Crippen LogP contribution in [0, 0.1) is 0 Å². The van der Waals surface area contributed by atoms with E-state index in [1.165, 1.54) is 0 Å². The molecule has 1 aromatic heterocycles. The van der Waals surface area contributed by atoms with Crippen LogP contribution in [-0.4, -0.2) is 22.6 Å². The molecule has 3 aromatic carbocycles. The van der Waals surface area contributed by atoms with Crippen molar-refractivity contribution in [2.75, 3.05) is 6.54 Å². The highest BCUT2D eigenvalue weighted by atomic mass is 35.5. The molecule has 4 nitrogen and oxygen atoms in total. The third-order valence-corrected chi connectivity index (χ3v) is 7.06. The molecule has 4 aromatic rings. The Morgan fingerprint density at radius 1 is 1.00 bits per heavy atom. The molecule has 0 saturated carbocycles. The maximum Gasteiger partial charge on any atom is 0.303 e. The molecule has 1 aliphatic heterocycles. The molecule has 0 aliphatic carbocycles. The number of halogens is 2. The quantitative estimate of drug-likeness (QED) is 0.323. The van der Waals surface area contributed by atoms with Crippen LogP contribution in [0.2, 0.25) is 10.0 Å². The standard InChI is InChI=1S/C26H22Cl2N2O2/c27-17-11-9-16(10-12-17)26(14-13-23(31)32)25-24(19-6-2-4-8-22(19)30-25)20(15-29-26)18-5-1-3-7-21(18)28/h1-12,20,29-30H,13-15H2,(H,31,32). The van der Waals surface area contributed by atoms with Crippen molar-refractivity contribution >= 4 is 40.1 Å². The van der Waals surface area contributed by atoms with E-state index in [0.29, 0.717) is 18.0 Å². The Morgan fingerprint density at radius 3 is 2.47 bits per heavy atom. The van der Waals surface area contributed by atoms with Gasteiger partial charge in [0.1, 0.15) is 0 Å². The Bertz CT molecular complexity index is 1300. The van der Waals surface area contributed by atoms with Gasteiger partial charge in [0.05, 0.1) is 5.54 Å². The number of aliphatic carboxylic acids is 1. The lowest BCUT2D eigenvalue weighted by atomic mass is 9.73. The van der Waals surface area contributed by atoms with Crippen LogP contribution in [0.4, 0.5) is 0 Å². The first-order valence-corrected chi connectivity index (χ1v) is 11.3. The summed E-state index contributed by atoms with van der Waals surface area (Å²) in [6, 6.07) is 23.8. The molecule has 0 amide bonds. The van der Waals surface area contributed by atoms with Gasteiger partial charge in [-0.2, -0.15) is 0 Å². The molecule has 1 aliphatic rings. The smallest absolute Gasteiger partial charge is 0.303 e. The minimum Gasteiger partial charge on any atom is -0.481 e. The number of carbonyl (C=O) groups is 1. The van der Waals surface area contributed by atoms with Gasteiger partial charge in [0.15, 0.2) is 0 Å². The Hall–Kier alpha value is -2.79. The lowest BCUT2D eigenvalue weighted by Crippen LogP contribution is -2.50. The van der Waals surface area contributed by atoms with Crippen LogP contribution in [-0.2, 0) is 10.3 Å². The van der Waals surface area contributed by atoms with E-state index < -0.39 is 11.5 Å². The number of rotatable bonds is 5. The molecule has 0 fully saturated rings. The minimum absolute atomic E-state index is 0.0279. The summed E-state index contributed by atoms with van der Waals surface area (Å²) >= 11 is 12.8. The number of carboxylic acids is 1. The van der Waals surface area contributed by atoms with Crippen molar-refractivity contribution in [3.63, 3.8) is 0 Å². The Kier molecular flexibility index (Phi) is 5.46. The largest absolute Gasteiger partial charge is 0.481 e. The number of aromatic amines is 1. The Labute approximate surface area is 196 Å². The molecule has 0 saturated heterocycles. The molecule has 0 bridgehead atoms. The number of hydrogen-bond acceptors (Lipinski definition) is 2. The van der Waals surface area contributed by atoms with Gasteiger partial charge in [-0.1, -0.05) is 71.7 Å². The van der Waals surface area contributed by atoms with E-state index in [1.807, 2.05) is 54.6 Å². The number of para-hydroxylation sites is 1. The predicted octanol–water partition coefficient (Wildman–Crippen LogP) is 6.32. The van der Waals surface area contributed by atoms with Crippen LogP contribution in [0.3, 0.4) is 0 Å². The Morgan fingerprint density at radius 2 is 1.72 bits per heavy atom. The second-order valence-electron chi connectivity index (χ2n) is 8.22. The first-order chi connectivity index (χ1) is 15.5. The number of hydrogen-bond donors (Lipinski definition) is 3. The third kappa shape index (κ3) is 3.49. The zero-order valence-electron chi connectivity index (χ0n) is 17.2.